The fraction of sp³-hybridized carbons (Fsp3) is 0.421. The summed E-state index contributed by atoms with van der Waals surface area (Å²) in [6, 6.07) is 6.77. The molecule has 1 aliphatic heterocycles. The van der Waals surface area contributed by atoms with Gasteiger partial charge in [0.05, 0.1) is 19.3 Å². The molecule has 7 nitrogen and oxygen atoms in total. The van der Waals surface area contributed by atoms with E-state index in [0.717, 1.165) is 24.1 Å². The Morgan fingerprint density at radius 1 is 1.38 bits per heavy atom. The van der Waals surface area contributed by atoms with E-state index in [9.17, 15) is 4.79 Å². The summed E-state index contributed by atoms with van der Waals surface area (Å²) in [5.74, 6) is 0.818. The summed E-state index contributed by atoms with van der Waals surface area (Å²) in [5.41, 5.74) is 7.84. The van der Waals surface area contributed by atoms with E-state index in [1.165, 1.54) is 0 Å². The minimum Gasteiger partial charge on any atom is -0.488 e. The van der Waals surface area contributed by atoms with Gasteiger partial charge >= 0.3 is 0 Å². The number of amides is 1. The number of primary amides is 1. The molecule has 1 aliphatic rings. The molecule has 0 radical (unpaired) electrons. The third kappa shape index (κ3) is 4.29. The van der Waals surface area contributed by atoms with Crippen molar-refractivity contribution in [1.82, 2.24) is 9.97 Å². The molecule has 1 amide bonds. The Hall–Kier alpha value is -2.67. The molecule has 1 aromatic carbocycles. The summed E-state index contributed by atoms with van der Waals surface area (Å²) in [6.45, 7) is 5.23. The maximum atomic E-state index is 11.2. The van der Waals surface area contributed by atoms with Crippen LogP contribution in [0.2, 0.25) is 0 Å². The number of aryl methyl sites for hydroxylation is 2. The van der Waals surface area contributed by atoms with E-state index in [-0.39, 0.29) is 12.1 Å². The summed E-state index contributed by atoms with van der Waals surface area (Å²) in [5, 5.41) is 3.34. The van der Waals surface area contributed by atoms with Gasteiger partial charge in [0, 0.05) is 23.9 Å². The third-order valence-electron chi connectivity index (χ3n) is 4.45. The molecule has 3 N–H and O–H groups in total. The van der Waals surface area contributed by atoms with Crippen LogP contribution in [0.15, 0.2) is 30.5 Å². The van der Waals surface area contributed by atoms with Gasteiger partial charge in [0.25, 0.3) is 0 Å². The molecule has 2 atom stereocenters. The van der Waals surface area contributed by atoms with Crippen LogP contribution in [0.25, 0.3) is 0 Å². The van der Waals surface area contributed by atoms with Crippen molar-refractivity contribution >= 4 is 11.9 Å². The Morgan fingerprint density at radius 3 is 2.85 bits per heavy atom. The van der Waals surface area contributed by atoms with E-state index in [4.69, 9.17) is 15.2 Å². The van der Waals surface area contributed by atoms with Gasteiger partial charge in [-0.15, -0.1) is 0 Å². The second kappa shape index (κ2) is 8.14. The van der Waals surface area contributed by atoms with Crippen LogP contribution in [-0.2, 0) is 11.2 Å². The molecule has 2 heterocycles. The molecule has 26 heavy (non-hydrogen) atoms. The molecule has 0 saturated carbocycles. The molecule has 1 fully saturated rings. The number of carbonyl (C=O) groups excluding carboxylic acids is 1. The van der Waals surface area contributed by atoms with Crippen molar-refractivity contribution in [2.75, 3.05) is 18.5 Å². The number of nitrogens with one attached hydrogen (secondary N) is 1. The highest BCUT2D eigenvalue weighted by Gasteiger charge is 2.28. The van der Waals surface area contributed by atoms with E-state index >= 15 is 0 Å². The maximum Gasteiger partial charge on any atom is 0.248 e. The molecule has 1 aromatic heterocycles. The summed E-state index contributed by atoms with van der Waals surface area (Å²) in [4.78, 5) is 20.1. The standard InChI is InChI=1S/C19H24N4O3/c1-3-15-12(2)10-21-19(22-15)23-16-11-25-9-8-17(16)26-14-6-4-13(5-7-14)18(20)24/h4-7,10,16-17H,3,8-9,11H2,1-2H3,(H2,20,24)(H,21,22,23)/t16-,17-/m1/s1. The minimum atomic E-state index is -0.453. The topological polar surface area (TPSA) is 99.4 Å². The largest absolute Gasteiger partial charge is 0.488 e. The highest BCUT2D eigenvalue weighted by atomic mass is 16.5. The first-order chi connectivity index (χ1) is 12.6. The number of nitrogens with two attached hydrogens (primary N) is 1. The molecule has 7 heteroatoms. The van der Waals surface area contributed by atoms with Gasteiger partial charge in [0.1, 0.15) is 11.9 Å². The van der Waals surface area contributed by atoms with Crippen molar-refractivity contribution in [2.45, 2.75) is 38.8 Å². The second-order valence-electron chi connectivity index (χ2n) is 6.34. The fourth-order valence-electron chi connectivity index (χ4n) is 2.94. The molecule has 0 aliphatic carbocycles. The van der Waals surface area contributed by atoms with Crippen molar-refractivity contribution in [3.05, 3.63) is 47.3 Å². The highest BCUT2D eigenvalue weighted by molar-refractivity contribution is 5.92. The molecule has 2 aromatic rings. The third-order valence-corrected chi connectivity index (χ3v) is 4.45. The number of ether oxygens (including phenoxy) is 2. The highest BCUT2D eigenvalue weighted by Crippen LogP contribution is 2.21. The Balaban J connectivity index is 1.70. The number of carbonyl (C=O) groups is 1. The van der Waals surface area contributed by atoms with Gasteiger partial charge in [-0.05, 0) is 43.2 Å². The molecule has 3 rings (SSSR count). The second-order valence-corrected chi connectivity index (χ2v) is 6.34. The lowest BCUT2D eigenvalue weighted by atomic mass is 10.1. The van der Waals surface area contributed by atoms with Gasteiger partial charge < -0.3 is 20.5 Å². The van der Waals surface area contributed by atoms with E-state index in [0.29, 0.717) is 30.5 Å². The van der Waals surface area contributed by atoms with Crippen LogP contribution in [0.5, 0.6) is 5.75 Å². The van der Waals surface area contributed by atoms with Crippen molar-refractivity contribution in [2.24, 2.45) is 5.73 Å². The summed E-state index contributed by atoms with van der Waals surface area (Å²) in [6.07, 6.45) is 3.35. The molecular formula is C19H24N4O3. The van der Waals surface area contributed by atoms with Crippen LogP contribution in [0.4, 0.5) is 5.95 Å². The minimum absolute atomic E-state index is 0.0630. The summed E-state index contributed by atoms with van der Waals surface area (Å²) in [7, 11) is 0. The predicted octanol–water partition coefficient (Wildman–Crippen LogP) is 2.09. The van der Waals surface area contributed by atoms with Gasteiger partial charge in [0.2, 0.25) is 11.9 Å². The lowest BCUT2D eigenvalue weighted by Gasteiger charge is -2.32. The van der Waals surface area contributed by atoms with Gasteiger partial charge in [-0.25, -0.2) is 9.97 Å². The zero-order valence-corrected chi connectivity index (χ0v) is 15.1. The van der Waals surface area contributed by atoms with Crippen LogP contribution in [0, 0.1) is 6.92 Å². The van der Waals surface area contributed by atoms with Gasteiger partial charge in [-0.1, -0.05) is 6.92 Å². The lowest BCUT2D eigenvalue weighted by Crippen LogP contribution is -2.46. The fourth-order valence-corrected chi connectivity index (χ4v) is 2.94. The quantitative estimate of drug-likeness (QED) is 0.822. The van der Waals surface area contributed by atoms with Gasteiger partial charge in [-0.2, -0.15) is 0 Å². The summed E-state index contributed by atoms with van der Waals surface area (Å²) < 4.78 is 11.7. The van der Waals surface area contributed by atoms with E-state index in [1.54, 1.807) is 24.3 Å². The van der Waals surface area contributed by atoms with Crippen molar-refractivity contribution < 1.29 is 14.3 Å². The number of aromatic nitrogens is 2. The maximum absolute atomic E-state index is 11.2. The monoisotopic (exact) mass is 356 g/mol. The zero-order valence-electron chi connectivity index (χ0n) is 15.1. The van der Waals surface area contributed by atoms with Gasteiger partial charge in [0.15, 0.2) is 0 Å². The van der Waals surface area contributed by atoms with E-state index < -0.39 is 5.91 Å². The van der Waals surface area contributed by atoms with Crippen LogP contribution in [-0.4, -0.2) is 41.2 Å². The summed E-state index contributed by atoms with van der Waals surface area (Å²) >= 11 is 0. The smallest absolute Gasteiger partial charge is 0.248 e. The SMILES string of the molecule is CCc1nc(N[C@@H]2COCC[C@H]2Oc2ccc(C(N)=O)cc2)ncc1C. The van der Waals surface area contributed by atoms with Crippen molar-refractivity contribution in [1.29, 1.82) is 0 Å². The number of hydrogen-bond donors (Lipinski definition) is 2. The predicted molar refractivity (Wildman–Crippen MR) is 98.4 cm³/mol. The Morgan fingerprint density at radius 2 is 2.15 bits per heavy atom. The van der Waals surface area contributed by atoms with Crippen LogP contribution in [0.1, 0.15) is 35.0 Å². The molecule has 1 saturated heterocycles. The average Bonchev–Trinajstić information content (AvgIpc) is 2.65. The molecule has 138 valence electrons. The Labute approximate surface area is 152 Å². The lowest BCUT2D eigenvalue weighted by molar-refractivity contribution is 0.0145. The van der Waals surface area contributed by atoms with Gasteiger partial charge in [-0.3, -0.25) is 4.79 Å². The first kappa shape index (κ1) is 18.1. The first-order valence-corrected chi connectivity index (χ1v) is 8.80. The number of hydrogen-bond acceptors (Lipinski definition) is 6. The van der Waals surface area contributed by atoms with E-state index in [2.05, 4.69) is 22.2 Å². The number of rotatable bonds is 6. The van der Waals surface area contributed by atoms with Crippen LogP contribution in [0.3, 0.4) is 0 Å². The average molecular weight is 356 g/mol. The Bertz CT molecular complexity index is 764. The van der Waals surface area contributed by atoms with Crippen LogP contribution < -0.4 is 15.8 Å². The van der Waals surface area contributed by atoms with E-state index in [1.807, 2.05) is 13.1 Å². The normalized spacial score (nSPS) is 19.8. The first-order valence-electron chi connectivity index (χ1n) is 8.80. The molecule has 0 bridgehead atoms. The number of nitrogens with zero attached hydrogens (tertiary/aromatic N) is 2. The molecule has 0 unspecified atom stereocenters. The molecular weight excluding hydrogens is 332 g/mol. The number of anilines is 1. The molecule has 0 spiro atoms. The van der Waals surface area contributed by atoms with Crippen LogP contribution >= 0.6 is 0 Å². The zero-order chi connectivity index (χ0) is 18.5. The Kier molecular flexibility index (Phi) is 5.68. The van der Waals surface area contributed by atoms with Crippen molar-refractivity contribution in [3.8, 4) is 5.75 Å². The van der Waals surface area contributed by atoms with Crippen molar-refractivity contribution in [3.63, 3.8) is 0 Å². The number of benzene rings is 1.